The number of nitrogens with zero attached hydrogens (tertiary/aromatic N) is 2. The van der Waals surface area contributed by atoms with E-state index in [4.69, 9.17) is 17.3 Å². The molecule has 0 atom stereocenters. The van der Waals surface area contributed by atoms with Gasteiger partial charge in [-0.1, -0.05) is 25.7 Å². The fraction of sp³-hybridized carbons (Fsp3) is 0.636. The molecule has 0 radical (unpaired) electrons. The van der Waals surface area contributed by atoms with Gasteiger partial charge in [-0.15, -0.1) is 0 Å². The molecule has 5 heteroatoms. The third kappa shape index (κ3) is 2.98. The highest BCUT2D eigenvalue weighted by molar-refractivity contribution is 6.28. The van der Waals surface area contributed by atoms with E-state index in [-0.39, 0.29) is 5.28 Å². The van der Waals surface area contributed by atoms with Crippen molar-refractivity contribution in [3.05, 3.63) is 11.5 Å². The largest absolute Gasteiger partial charge is 0.394 e. The molecule has 1 aliphatic carbocycles. The Hall–Kier alpha value is -1.03. The van der Waals surface area contributed by atoms with Gasteiger partial charge in [-0.25, -0.2) is 4.98 Å². The van der Waals surface area contributed by atoms with Crippen LogP contribution in [0.25, 0.3) is 0 Å². The molecule has 1 saturated carbocycles. The van der Waals surface area contributed by atoms with Crippen molar-refractivity contribution in [2.75, 3.05) is 17.6 Å². The molecule has 16 heavy (non-hydrogen) atoms. The molecule has 1 fully saturated rings. The lowest BCUT2D eigenvalue weighted by Crippen LogP contribution is -2.10. The predicted molar refractivity (Wildman–Crippen MR) is 66.5 cm³/mol. The lowest BCUT2D eigenvalue weighted by atomic mass is 10.0. The van der Waals surface area contributed by atoms with Crippen LogP contribution < -0.4 is 11.1 Å². The van der Waals surface area contributed by atoms with Crippen LogP contribution in [-0.2, 0) is 0 Å². The average molecular weight is 241 g/mol. The highest BCUT2D eigenvalue weighted by Crippen LogP contribution is 2.27. The van der Waals surface area contributed by atoms with E-state index in [1.807, 2.05) is 0 Å². The number of rotatable bonds is 4. The molecule has 0 bridgehead atoms. The van der Waals surface area contributed by atoms with E-state index < -0.39 is 0 Å². The van der Waals surface area contributed by atoms with Crippen LogP contribution in [0.1, 0.15) is 32.1 Å². The number of hydrogen-bond donors (Lipinski definition) is 2. The third-order valence-electron chi connectivity index (χ3n) is 3.11. The van der Waals surface area contributed by atoms with E-state index in [0.717, 1.165) is 12.5 Å². The standard InChI is InChI=1S/C11H17ClN4/c12-11-15-7-9(13)10(16-11)14-6-5-8-3-1-2-4-8/h7-8H,1-6,13H2,(H,14,15,16). The molecule has 0 aromatic carbocycles. The van der Waals surface area contributed by atoms with Crippen molar-refractivity contribution in [2.24, 2.45) is 5.92 Å². The summed E-state index contributed by atoms with van der Waals surface area (Å²) >= 11 is 5.71. The molecule has 0 saturated heterocycles. The van der Waals surface area contributed by atoms with Gasteiger partial charge in [-0.3, -0.25) is 0 Å². The number of nitrogens with two attached hydrogens (primary N) is 1. The summed E-state index contributed by atoms with van der Waals surface area (Å²) in [6.07, 6.45) is 8.20. The SMILES string of the molecule is Nc1cnc(Cl)nc1NCCC1CCCC1. The van der Waals surface area contributed by atoms with Crippen LogP contribution >= 0.6 is 11.6 Å². The summed E-state index contributed by atoms with van der Waals surface area (Å²) in [5.41, 5.74) is 6.29. The van der Waals surface area contributed by atoms with Crippen molar-refractivity contribution in [1.82, 2.24) is 9.97 Å². The van der Waals surface area contributed by atoms with Gasteiger partial charge in [0.1, 0.15) is 0 Å². The minimum absolute atomic E-state index is 0.234. The van der Waals surface area contributed by atoms with Crippen LogP contribution in [0, 0.1) is 5.92 Å². The molecule has 0 amide bonds. The summed E-state index contributed by atoms with van der Waals surface area (Å²) in [6.45, 7) is 0.905. The Morgan fingerprint density at radius 1 is 1.44 bits per heavy atom. The van der Waals surface area contributed by atoms with Crippen molar-refractivity contribution < 1.29 is 0 Å². The number of nitrogens with one attached hydrogen (secondary N) is 1. The molecule has 1 aliphatic rings. The molecule has 1 heterocycles. The molecule has 4 nitrogen and oxygen atoms in total. The normalized spacial score (nSPS) is 16.6. The second kappa shape index (κ2) is 5.34. The number of aromatic nitrogens is 2. The second-order valence-corrected chi connectivity index (χ2v) is 4.65. The number of hydrogen-bond acceptors (Lipinski definition) is 4. The predicted octanol–water partition coefficient (Wildman–Crippen LogP) is 2.70. The lowest BCUT2D eigenvalue weighted by molar-refractivity contribution is 0.518. The first-order chi connectivity index (χ1) is 7.75. The van der Waals surface area contributed by atoms with Crippen LogP contribution in [0.3, 0.4) is 0 Å². The summed E-state index contributed by atoms with van der Waals surface area (Å²) in [4.78, 5) is 7.87. The molecule has 2 rings (SSSR count). The maximum absolute atomic E-state index is 5.74. The van der Waals surface area contributed by atoms with Crippen molar-refractivity contribution in [3.63, 3.8) is 0 Å². The van der Waals surface area contributed by atoms with Crippen LogP contribution in [0.5, 0.6) is 0 Å². The summed E-state index contributed by atoms with van der Waals surface area (Å²) in [6, 6.07) is 0. The Balaban J connectivity index is 1.82. The van der Waals surface area contributed by atoms with Gasteiger partial charge in [0, 0.05) is 6.54 Å². The van der Waals surface area contributed by atoms with E-state index in [2.05, 4.69) is 15.3 Å². The van der Waals surface area contributed by atoms with Gasteiger partial charge in [-0.05, 0) is 23.9 Å². The molecule has 0 spiro atoms. The zero-order chi connectivity index (χ0) is 11.4. The average Bonchev–Trinajstić information content (AvgIpc) is 2.76. The topological polar surface area (TPSA) is 63.8 Å². The molecule has 88 valence electrons. The minimum Gasteiger partial charge on any atom is -0.394 e. The van der Waals surface area contributed by atoms with E-state index in [1.54, 1.807) is 0 Å². The molecule has 1 aromatic heterocycles. The first-order valence-corrected chi connectivity index (χ1v) is 6.15. The fourth-order valence-electron chi connectivity index (χ4n) is 2.20. The van der Waals surface area contributed by atoms with Crippen molar-refractivity contribution in [1.29, 1.82) is 0 Å². The maximum Gasteiger partial charge on any atom is 0.224 e. The summed E-state index contributed by atoms with van der Waals surface area (Å²) in [5, 5.41) is 3.45. The molecular weight excluding hydrogens is 224 g/mol. The van der Waals surface area contributed by atoms with Crippen molar-refractivity contribution in [3.8, 4) is 0 Å². The zero-order valence-electron chi connectivity index (χ0n) is 9.25. The van der Waals surface area contributed by atoms with E-state index in [9.17, 15) is 0 Å². The number of anilines is 2. The molecule has 0 aliphatic heterocycles. The van der Waals surface area contributed by atoms with Crippen molar-refractivity contribution in [2.45, 2.75) is 32.1 Å². The minimum atomic E-state index is 0.234. The van der Waals surface area contributed by atoms with E-state index in [1.165, 1.54) is 38.3 Å². The Morgan fingerprint density at radius 3 is 2.94 bits per heavy atom. The first-order valence-electron chi connectivity index (χ1n) is 5.77. The van der Waals surface area contributed by atoms with Gasteiger partial charge >= 0.3 is 0 Å². The number of halogens is 1. The third-order valence-corrected chi connectivity index (χ3v) is 3.29. The fourth-order valence-corrected chi connectivity index (χ4v) is 2.34. The van der Waals surface area contributed by atoms with Gasteiger partial charge in [0.25, 0.3) is 0 Å². The quantitative estimate of drug-likeness (QED) is 0.795. The summed E-state index contributed by atoms with van der Waals surface area (Å²) in [5.74, 6) is 1.52. The van der Waals surface area contributed by atoms with Crippen LogP contribution in [0.2, 0.25) is 5.28 Å². The van der Waals surface area contributed by atoms with Crippen molar-refractivity contribution >= 4 is 23.1 Å². The molecule has 1 aromatic rings. The Morgan fingerprint density at radius 2 is 2.19 bits per heavy atom. The van der Waals surface area contributed by atoms with Crippen LogP contribution in [0.4, 0.5) is 11.5 Å². The molecule has 3 N–H and O–H groups in total. The van der Waals surface area contributed by atoms with Gasteiger partial charge in [-0.2, -0.15) is 4.98 Å². The Bertz CT molecular complexity index is 350. The van der Waals surface area contributed by atoms with Gasteiger partial charge in [0.2, 0.25) is 5.28 Å². The van der Waals surface area contributed by atoms with Gasteiger partial charge < -0.3 is 11.1 Å². The Labute approximate surface area is 101 Å². The molecule has 0 unspecified atom stereocenters. The van der Waals surface area contributed by atoms with Crippen LogP contribution in [0.15, 0.2) is 6.20 Å². The highest BCUT2D eigenvalue weighted by atomic mass is 35.5. The van der Waals surface area contributed by atoms with Crippen LogP contribution in [-0.4, -0.2) is 16.5 Å². The molecular formula is C11H17ClN4. The summed E-state index contributed by atoms with van der Waals surface area (Å²) in [7, 11) is 0. The second-order valence-electron chi connectivity index (χ2n) is 4.31. The number of nitrogen functional groups attached to an aromatic ring is 1. The zero-order valence-corrected chi connectivity index (χ0v) is 10.0. The van der Waals surface area contributed by atoms with Gasteiger partial charge in [0.05, 0.1) is 11.9 Å². The van der Waals surface area contributed by atoms with E-state index in [0.29, 0.717) is 11.5 Å². The van der Waals surface area contributed by atoms with E-state index >= 15 is 0 Å². The first kappa shape index (κ1) is 11.5. The monoisotopic (exact) mass is 240 g/mol. The Kier molecular flexibility index (Phi) is 3.83. The lowest BCUT2D eigenvalue weighted by Gasteiger charge is -2.11. The van der Waals surface area contributed by atoms with Gasteiger partial charge in [0.15, 0.2) is 5.82 Å². The summed E-state index contributed by atoms with van der Waals surface area (Å²) < 4.78 is 0. The highest BCUT2D eigenvalue weighted by Gasteiger charge is 2.14. The smallest absolute Gasteiger partial charge is 0.224 e. The maximum atomic E-state index is 5.74.